The molecular weight excluding hydrogens is 441 g/mol. The van der Waals surface area contributed by atoms with Crippen molar-refractivity contribution in [1.29, 1.82) is 0 Å². The number of anilines is 1. The number of hydrogen-bond acceptors (Lipinski definition) is 3. The van der Waals surface area contributed by atoms with Crippen LogP contribution in [0.25, 0.3) is 0 Å². The summed E-state index contributed by atoms with van der Waals surface area (Å²) in [5.41, 5.74) is 3.90. The minimum atomic E-state index is -0.321. The van der Waals surface area contributed by atoms with Gasteiger partial charge in [0.25, 0.3) is 0 Å². The number of hydrazone groups is 1. The Morgan fingerprint density at radius 2 is 1.83 bits per heavy atom. The highest BCUT2D eigenvalue weighted by Crippen LogP contribution is 2.15. The first-order chi connectivity index (χ1) is 11.5. The number of carbonyl (C=O) groups is 2. The molecule has 0 saturated carbocycles. The third kappa shape index (κ3) is 6.67. The molecule has 0 bridgehead atoms. The van der Waals surface area contributed by atoms with E-state index in [2.05, 4.69) is 38.4 Å². The van der Waals surface area contributed by atoms with E-state index in [1.54, 1.807) is 30.5 Å². The third-order valence-electron chi connectivity index (χ3n) is 2.94. The molecule has 0 unspecified atom stereocenters. The molecule has 2 amide bonds. The van der Waals surface area contributed by atoms with E-state index in [0.29, 0.717) is 10.7 Å². The second-order valence-electron chi connectivity index (χ2n) is 4.91. The summed E-state index contributed by atoms with van der Waals surface area (Å²) in [6.07, 6.45) is 1.68. The van der Waals surface area contributed by atoms with Crippen LogP contribution in [0.15, 0.2) is 53.6 Å². The zero-order valence-corrected chi connectivity index (χ0v) is 15.5. The highest BCUT2D eigenvalue weighted by Gasteiger charge is 2.07. The van der Waals surface area contributed by atoms with E-state index in [0.717, 1.165) is 9.13 Å². The van der Waals surface area contributed by atoms with Crippen molar-refractivity contribution in [3.8, 4) is 0 Å². The third-order valence-corrected chi connectivity index (χ3v) is 3.85. The van der Waals surface area contributed by atoms with E-state index < -0.39 is 0 Å². The Morgan fingerprint density at radius 3 is 2.58 bits per heavy atom. The van der Waals surface area contributed by atoms with Crippen LogP contribution in [0.5, 0.6) is 0 Å². The summed E-state index contributed by atoms with van der Waals surface area (Å²) in [6.45, 7) is 0. The van der Waals surface area contributed by atoms with Crippen LogP contribution >= 0.6 is 34.2 Å². The fourth-order valence-corrected chi connectivity index (χ4v) is 2.60. The van der Waals surface area contributed by atoms with Crippen molar-refractivity contribution in [3.63, 3.8) is 0 Å². The lowest BCUT2D eigenvalue weighted by atomic mass is 10.2. The summed E-state index contributed by atoms with van der Waals surface area (Å²) in [5.74, 6) is -0.577. The predicted octanol–water partition coefficient (Wildman–Crippen LogP) is 3.81. The number of halogens is 2. The second-order valence-corrected chi connectivity index (χ2v) is 6.59. The fourth-order valence-electron chi connectivity index (χ4n) is 1.84. The van der Waals surface area contributed by atoms with E-state index >= 15 is 0 Å². The summed E-state index contributed by atoms with van der Waals surface area (Å²) in [5, 5.41) is 7.10. The lowest BCUT2D eigenvalue weighted by Gasteiger charge is -2.05. The maximum Gasteiger partial charge on any atom is 0.240 e. The highest BCUT2D eigenvalue weighted by molar-refractivity contribution is 14.1. The van der Waals surface area contributed by atoms with Crippen molar-refractivity contribution in [2.45, 2.75) is 12.8 Å². The summed E-state index contributed by atoms with van der Waals surface area (Å²) in [7, 11) is 0. The van der Waals surface area contributed by atoms with Crippen molar-refractivity contribution >= 4 is 57.9 Å². The fraction of sp³-hybridized carbons (Fsp3) is 0.118. The summed E-state index contributed by atoms with van der Waals surface area (Å²) in [4.78, 5) is 23.5. The van der Waals surface area contributed by atoms with Crippen molar-refractivity contribution < 1.29 is 9.59 Å². The minimum Gasteiger partial charge on any atom is -0.326 e. The van der Waals surface area contributed by atoms with E-state index in [1.165, 1.54) is 0 Å². The number of nitrogens with zero attached hydrogens (tertiary/aromatic N) is 1. The standard InChI is InChI=1S/C17H15ClIN3O2/c18-13-4-2-6-15(10-13)21-16(23)7-8-17(24)22-20-11-12-3-1-5-14(19)9-12/h1-6,9-11H,7-8H2,(H,21,23)(H,22,24)/b20-11-. The quantitative estimate of drug-likeness (QED) is 0.395. The predicted molar refractivity (Wildman–Crippen MR) is 104 cm³/mol. The van der Waals surface area contributed by atoms with Crippen molar-refractivity contribution in [1.82, 2.24) is 5.43 Å². The van der Waals surface area contributed by atoms with Gasteiger partial charge in [-0.05, 0) is 58.5 Å². The van der Waals surface area contributed by atoms with Crippen molar-refractivity contribution in [3.05, 3.63) is 62.7 Å². The number of nitrogens with one attached hydrogen (secondary N) is 2. The molecule has 0 spiro atoms. The first-order valence-electron chi connectivity index (χ1n) is 7.16. The SMILES string of the molecule is O=C(CCC(=O)Nc1cccc(Cl)c1)N/N=C\c1cccc(I)c1. The normalized spacial score (nSPS) is 10.6. The molecule has 0 radical (unpaired) electrons. The van der Waals surface area contributed by atoms with Crippen LogP contribution in [0.2, 0.25) is 5.02 Å². The molecule has 124 valence electrons. The Bertz CT molecular complexity index is 765. The van der Waals surface area contributed by atoms with Crippen molar-refractivity contribution in [2.75, 3.05) is 5.32 Å². The van der Waals surface area contributed by atoms with Crippen LogP contribution in [0.3, 0.4) is 0 Å². The highest BCUT2D eigenvalue weighted by atomic mass is 127. The van der Waals surface area contributed by atoms with Gasteiger partial charge < -0.3 is 5.32 Å². The second kappa shape index (κ2) is 9.39. The lowest BCUT2D eigenvalue weighted by Crippen LogP contribution is -2.20. The first-order valence-corrected chi connectivity index (χ1v) is 8.61. The molecular formula is C17H15ClIN3O2. The molecule has 0 atom stereocenters. The van der Waals surface area contributed by atoms with Gasteiger partial charge in [-0.2, -0.15) is 5.10 Å². The smallest absolute Gasteiger partial charge is 0.240 e. The van der Waals surface area contributed by atoms with Crippen molar-refractivity contribution in [2.24, 2.45) is 5.10 Å². The van der Waals surface area contributed by atoms with Crippen LogP contribution in [0, 0.1) is 3.57 Å². The van der Waals surface area contributed by atoms with Gasteiger partial charge in [0, 0.05) is 27.1 Å². The Morgan fingerprint density at radius 1 is 1.08 bits per heavy atom. The lowest BCUT2D eigenvalue weighted by molar-refractivity contribution is -0.124. The van der Waals surface area contributed by atoms with E-state index in [-0.39, 0.29) is 24.7 Å². The molecule has 0 aliphatic heterocycles. The molecule has 2 aromatic carbocycles. The average molecular weight is 456 g/mol. The molecule has 24 heavy (non-hydrogen) atoms. The molecule has 2 N–H and O–H groups in total. The van der Waals surface area contributed by atoms with Gasteiger partial charge in [0.1, 0.15) is 0 Å². The van der Waals surface area contributed by atoms with Crippen LogP contribution in [0.4, 0.5) is 5.69 Å². The van der Waals surface area contributed by atoms with Gasteiger partial charge >= 0.3 is 0 Å². The Balaban J connectivity index is 1.73. The monoisotopic (exact) mass is 455 g/mol. The van der Waals surface area contributed by atoms with Gasteiger partial charge in [-0.1, -0.05) is 29.8 Å². The van der Waals surface area contributed by atoms with E-state index in [1.807, 2.05) is 24.3 Å². The van der Waals surface area contributed by atoms with Gasteiger partial charge in [-0.15, -0.1) is 0 Å². The first kappa shape index (κ1) is 18.4. The summed E-state index contributed by atoms with van der Waals surface area (Å²) >= 11 is 8.04. The molecule has 0 fully saturated rings. The Labute approximate surface area is 158 Å². The van der Waals surface area contributed by atoms with E-state index in [4.69, 9.17) is 11.6 Å². The number of benzene rings is 2. The maximum atomic E-state index is 11.8. The van der Waals surface area contributed by atoms with Crippen LogP contribution in [0.1, 0.15) is 18.4 Å². The molecule has 0 aliphatic carbocycles. The zero-order valence-electron chi connectivity index (χ0n) is 12.6. The number of rotatable bonds is 6. The molecule has 0 aliphatic rings. The van der Waals surface area contributed by atoms with E-state index in [9.17, 15) is 9.59 Å². The summed E-state index contributed by atoms with van der Waals surface area (Å²) < 4.78 is 1.08. The molecule has 0 aromatic heterocycles. The average Bonchev–Trinajstić information content (AvgIpc) is 2.53. The van der Waals surface area contributed by atoms with Gasteiger partial charge in [0.2, 0.25) is 11.8 Å². The van der Waals surface area contributed by atoms with Gasteiger partial charge in [0.05, 0.1) is 6.21 Å². The Hall–Kier alpha value is -1.93. The molecule has 0 saturated heterocycles. The molecule has 5 nitrogen and oxygen atoms in total. The molecule has 0 heterocycles. The van der Waals surface area contributed by atoms with Gasteiger partial charge in [-0.3, -0.25) is 9.59 Å². The van der Waals surface area contributed by atoms with Crippen LogP contribution < -0.4 is 10.7 Å². The Kier molecular flexibility index (Phi) is 7.20. The largest absolute Gasteiger partial charge is 0.326 e. The molecule has 7 heteroatoms. The number of carbonyl (C=O) groups excluding carboxylic acids is 2. The van der Waals surface area contributed by atoms with Gasteiger partial charge in [0.15, 0.2) is 0 Å². The number of amides is 2. The summed E-state index contributed by atoms with van der Waals surface area (Å²) in [6, 6.07) is 14.5. The van der Waals surface area contributed by atoms with Crippen LogP contribution in [-0.2, 0) is 9.59 Å². The zero-order chi connectivity index (χ0) is 17.4. The van der Waals surface area contributed by atoms with Crippen LogP contribution in [-0.4, -0.2) is 18.0 Å². The molecule has 2 rings (SSSR count). The number of hydrogen-bond donors (Lipinski definition) is 2. The topological polar surface area (TPSA) is 70.6 Å². The van der Waals surface area contributed by atoms with Gasteiger partial charge in [-0.25, -0.2) is 5.43 Å². The molecule has 2 aromatic rings. The minimum absolute atomic E-state index is 0.0516. The maximum absolute atomic E-state index is 11.8.